The van der Waals surface area contributed by atoms with Crippen LogP contribution in [0.3, 0.4) is 0 Å². The number of unbranched alkanes of at least 4 members (excludes halogenated alkanes) is 12. The van der Waals surface area contributed by atoms with Crippen molar-refractivity contribution in [1.29, 1.82) is 0 Å². The number of hydrogen-bond donors (Lipinski definition) is 0. The van der Waals surface area contributed by atoms with E-state index in [1.807, 2.05) is 11.8 Å². The number of hydrogen-bond acceptors (Lipinski definition) is 1. The topological polar surface area (TPSA) is 0 Å². The normalized spacial score (nSPS) is 10.2. The first-order valence-corrected chi connectivity index (χ1v) is 9.75. The van der Waals surface area contributed by atoms with Crippen LogP contribution >= 0.6 is 11.8 Å². The molecule has 0 saturated heterocycles. The quantitative estimate of drug-likeness (QED) is 0.276. The Morgan fingerprint density at radius 3 is 1.58 bits per heavy atom. The summed E-state index contributed by atoms with van der Waals surface area (Å²) < 4.78 is 0. The van der Waals surface area contributed by atoms with Crippen LogP contribution in [0.5, 0.6) is 0 Å². The fourth-order valence-corrected chi connectivity index (χ4v) is 2.51. The van der Waals surface area contributed by atoms with Crippen molar-refractivity contribution in [2.45, 2.75) is 90.4 Å². The molecule has 0 aromatic carbocycles. The molecule has 0 amide bonds. The third kappa shape index (κ3) is 17.9. The third-order valence-electron chi connectivity index (χ3n) is 3.50. The highest BCUT2D eigenvalue weighted by molar-refractivity contribution is 7.98. The zero-order valence-corrected chi connectivity index (χ0v) is 14.1. The minimum absolute atomic E-state index is 0.998. The van der Waals surface area contributed by atoms with Crippen LogP contribution in [-0.4, -0.2) is 12.0 Å². The smallest absolute Gasteiger partial charge is 0.0544 e. The van der Waals surface area contributed by atoms with Crippen LogP contribution < -0.4 is 0 Å². The highest BCUT2D eigenvalue weighted by Gasteiger charge is 1.92. The summed E-state index contributed by atoms with van der Waals surface area (Å²) in [6.45, 7) is 2.29. The largest absolute Gasteiger partial charge is 0.152 e. The molecular formula is C18H34S. The summed E-state index contributed by atoms with van der Waals surface area (Å²) in [6, 6.07) is 0. The van der Waals surface area contributed by atoms with Gasteiger partial charge < -0.3 is 0 Å². The summed E-state index contributed by atoms with van der Waals surface area (Å²) in [5, 5.41) is 0. The molecule has 0 aromatic heterocycles. The molecule has 0 saturated carbocycles. The first kappa shape index (κ1) is 18.9. The summed E-state index contributed by atoms with van der Waals surface area (Å²) in [5.74, 6) is 7.44. The molecule has 0 bridgehead atoms. The molecule has 0 fully saturated rings. The van der Waals surface area contributed by atoms with Gasteiger partial charge in [0.25, 0.3) is 0 Å². The minimum Gasteiger partial charge on any atom is -0.152 e. The molecule has 0 rings (SSSR count). The molecule has 0 unspecified atom stereocenters. The molecule has 1 heteroatoms. The highest BCUT2D eigenvalue weighted by Crippen LogP contribution is 2.12. The SMILES string of the molecule is CCCCCCCCCCCCCCC#CCSC. The molecule has 0 nitrogen and oxygen atoms in total. The second-order valence-electron chi connectivity index (χ2n) is 5.43. The van der Waals surface area contributed by atoms with Crippen LogP contribution in [0.4, 0.5) is 0 Å². The van der Waals surface area contributed by atoms with Gasteiger partial charge in [0.05, 0.1) is 5.75 Å². The minimum atomic E-state index is 0.998. The first-order chi connectivity index (χ1) is 9.41. The summed E-state index contributed by atoms with van der Waals surface area (Å²) >= 11 is 1.81. The molecule has 0 spiro atoms. The van der Waals surface area contributed by atoms with Gasteiger partial charge in [-0.3, -0.25) is 0 Å². The van der Waals surface area contributed by atoms with Gasteiger partial charge in [0.1, 0.15) is 0 Å². The Morgan fingerprint density at radius 2 is 1.11 bits per heavy atom. The van der Waals surface area contributed by atoms with Crippen LogP contribution in [0.1, 0.15) is 90.4 Å². The van der Waals surface area contributed by atoms with Crippen molar-refractivity contribution in [1.82, 2.24) is 0 Å². The van der Waals surface area contributed by atoms with Crippen molar-refractivity contribution >= 4 is 11.8 Å². The van der Waals surface area contributed by atoms with Gasteiger partial charge in [-0.05, 0) is 12.7 Å². The number of rotatable bonds is 13. The van der Waals surface area contributed by atoms with Gasteiger partial charge in [-0.1, -0.05) is 83.5 Å². The summed E-state index contributed by atoms with van der Waals surface area (Å²) in [6.07, 6.45) is 20.3. The van der Waals surface area contributed by atoms with Crippen molar-refractivity contribution in [3.63, 3.8) is 0 Å². The summed E-state index contributed by atoms with van der Waals surface area (Å²) in [5.41, 5.74) is 0. The molecule has 112 valence electrons. The van der Waals surface area contributed by atoms with Crippen molar-refractivity contribution < 1.29 is 0 Å². The Morgan fingerprint density at radius 1 is 0.632 bits per heavy atom. The van der Waals surface area contributed by atoms with Gasteiger partial charge >= 0.3 is 0 Å². The van der Waals surface area contributed by atoms with E-state index >= 15 is 0 Å². The van der Waals surface area contributed by atoms with Gasteiger partial charge in [0.2, 0.25) is 0 Å². The zero-order valence-electron chi connectivity index (χ0n) is 13.3. The summed E-state index contributed by atoms with van der Waals surface area (Å²) in [7, 11) is 0. The maximum Gasteiger partial charge on any atom is 0.0544 e. The maximum absolute atomic E-state index is 3.25. The number of thioether (sulfide) groups is 1. The molecule has 0 heterocycles. The van der Waals surface area contributed by atoms with E-state index in [1.54, 1.807) is 0 Å². The lowest BCUT2D eigenvalue weighted by atomic mass is 10.0. The van der Waals surface area contributed by atoms with Gasteiger partial charge in [-0.15, -0.1) is 5.92 Å². The van der Waals surface area contributed by atoms with E-state index in [-0.39, 0.29) is 0 Å². The molecule has 0 atom stereocenters. The van der Waals surface area contributed by atoms with Gasteiger partial charge in [0.15, 0.2) is 0 Å². The predicted octanol–water partition coefficient (Wildman–Crippen LogP) is 6.44. The summed E-state index contributed by atoms with van der Waals surface area (Å²) in [4.78, 5) is 0. The standard InChI is InChI=1S/C18H34S/c1-3-4-5-6-7-8-9-10-11-12-13-14-15-16-17-18-19-2/h3-15,18H2,1-2H3. The fraction of sp³-hybridized carbons (Fsp3) is 0.889. The highest BCUT2D eigenvalue weighted by atomic mass is 32.2. The van der Waals surface area contributed by atoms with Crippen molar-refractivity contribution in [2.24, 2.45) is 0 Å². The monoisotopic (exact) mass is 282 g/mol. The third-order valence-corrected chi connectivity index (χ3v) is 3.93. The Balaban J connectivity index is 2.97. The Hall–Kier alpha value is -0.0900. The first-order valence-electron chi connectivity index (χ1n) is 8.36. The Bertz CT molecular complexity index is 211. The molecule has 0 aromatic rings. The van der Waals surface area contributed by atoms with Gasteiger partial charge in [-0.2, -0.15) is 11.8 Å². The van der Waals surface area contributed by atoms with E-state index in [0.717, 1.165) is 12.2 Å². The predicted molar refractivity (Wildman–Crippen MR) is 91.9 cm³/mol. The van der Waals surface area contributed by atoms with Crippen LogP contribution in [0, 0.1) is 11.8 Å². The molecule has 0 aliphatic rings. The van der Waals surface area contributed by atoms with Crippen molar-refractivity contribution in [2.75, 3.05) is 12.0 Å². The van der Waals surface area contributed by atoms with Gasteiger partial charge in [-0.25, -0.2) is 0 Å². The van der Waals surface area contributed by atoms with Crippen LogP contribution in [0.15, 0.2) is 0 Å². The average Bonchev–Trinajstić information content (AvgIpc) is 2.43. The van der Waals surface area contributed by atoms with Crippen LogP contribution in [0.2, 0.25) is 0 Å². The maximum atomic E-state index is 3.25. The lowest BCUT2D eigenvalue weighted by Gasteiger charge is -2.01. The Labute approximate surface area is 126 Å². The average molecular weight is 283 g/mol. The Kier molecular flexibility index (Phi) is 17.8. The van der Waals surface area contributed by atoms with Crippen molar-refractivity contribution in [3.05, 3.63) is 0 Å². The molecule has 19 heavy (non-hydrogen) atoms. The second kappa shape index (κ2) is 17.9. The molecule has 0 radical (unpaired) electrons. The fourth-order valence-electron chi connectivity index (χ4n) is 2.27. The molecule has 0 aliphatic heterocycles. The molecular weight excluding hydrogens is 248 g/mol. The van der Waals surface area contributed by atoms with Crippen LogP contribution in [0.25, 0.3) is 0 Å². The van der Waals surface area contributed by atoms with E-state index in [2.05, 4.69) is 25.0 Å². The molecule has 0 N–H and O–H groups in total. The van der Waals surface area contributed by atoms with E-state index in [9.17, 15) is 0 Å². The molecule has 0 aliphatic carbocycles. The zero-order chi connectivity index (χ0) is 14.0. The van der Waals surface area contributed by atoms with Crippen molar-refractivity contribution in [3.8, 4) is 11.8 Å². The van der Waals surface area contributed by atoms with Crippen LogP contribution in [-0.2, 0) is 0 Å². The van der Waals surface area contributed by atoms with E-state index in [0.29, 0.717) is 0 Å². The second-order valence-corrected chi connectivity index (χ2v) is 6.29. The van der Waals surface area contributed by atoms with E-state index in [4.69, 9.17) is 0 Å². The lowest BCUT2D eigenvalue weighted by molar-refractivity contribution is 0.545. The van der Waals surface area contributed by atoms with E-state index in [1.165, 1.54) is 77.0 Å². The van der Waals surface area contributed by atoms with E-state index < -0.39 is 0 Å². The lowest BCUT2D eigenvalue weighted by Crippen LogP contribution is -1.82. The van der Waals surface area contributed by atoms with Gasteiger partial charge in [0, 0.05) is 6.42 Å².